The van der Waals surface area contributed by atoms with Crippen LogP contribution in [0.4, 0.5) is 5.82 Å². The highest BCUT2D eigenvalue weighted by Gasteiger charge is 2.11. The third kappa shape index (κ3) is 2.68. The second-order valence-corrected chi connectivity index (χ2v) is 4.08. The first-order valence-corrected chi connectivity index (χ1v) is 6.05. The summed E-state index contributed by atoms with van der Waals surface area (Å²) in [6.07, 6.45) is 6.10. The van der Waals surface area contributed by atoms with Gasteiger partial charge in [-0.05, 0) is 18.2 Å². The maximum Gasteiger partial charge on any atom is 0.262 e. The molecule has 3 aromatic rings. The molecule has 0 unspecified atom stereocenters. The number of carbonyl (C=O) groups excluding carboxylic acids is 1. The van der Waals surface area contributed by atoms with Crippen LogP contribution in [-0.4, -0.2) is 30.6 Å². The number of aromatic amines is 1. The highest BCUT2D eigenvalue weighted by atomic mass is 16.2. The molecule has 0 aliphatic carbocycles. The SMILES string of the molecule is O=C(Nc1cc(-n2cccn2)ncn1)c1ccc[nH]c1=O. The Hall–Kier alpha value is -3.29. The zero-order chi connectivity index (χ0) is 14.7. The lowest BCUT2D eigenvalue weighted by molar-refractivity contribution is 0.102. The minimum atomic E-state index is -0.540. The molecule has 3 aromatic heterocycles. The Balaban J connectivity index is 1.86. The van der Waals surface area contributed by atoms with Crippen molar-refractivity contribution in [1.29, 1.82) is 0 Å². The average molecular weight is 282 g/mol. The summed E-state index contributed by atoms with van der Waals surface area (Å²) in [5, 5.41) is 6.59. The van der Waals surface area contributed by atoms with E-state index in [9.17, 15) is 9.59 Å². The summed E-state index contributed by atoms with van der Waals surface area (Å²) in [4.78, 5) is 34.0. The molecule has 3 heterocycles. The molecule has 0 spiro atoms. The normalized spacial score (nSPS) is 10.3. The fourth-order valence-electron chi connectivity index (χ4n) is 1.73. The number of H-pyrrole nitrogens is 1. The Morgan fingerprint density at radius 2 is 2.19 bits per heavy atom. The van der Waals surface area contributed by atoms with Crippen molar-refractivity contribution >= 4 is 11.7 Å². The van der Waals surface area contributed by atoms with Crippen LogP contribution in [0.1, 0.15) is 10.4 Å². The van der Waals surface area contributed by atoms with Crippen molar-refractivity contribution in [3.63, 3.8) is 0 Å². The van der Waals surface area contributed by atoms with Gasteiger partial charge in [0.2, 0.25) is 0 Å². The smallest absolute Gasteiger partial charge is 0.262 e. The third-order valence-corrected chi connectivity index (χ3v) is 2.70. The van der Waals surface area contributed by atoms with E-state index < -0.39 is 11.5 Å². The Kier molecular flexibility index (Phi) is 3.26. The molecule has 3 rings (SSSR count). The lowest BCUT2D eigenvalue weighted by atomic mass is 10.2. The summed E-state index contributed by atoms with van der Waals surface area (Å²) in [5.74, 6) is 0.248. The number of carbonyl (C=O) groups is 1. The molecule has 104 valence electrons. The largest absolute Gasteiger partial charge is 0.328 e. The van der Waals surface area contributed by atoms with E-state index in [0.29, 0.717) is 5.82 Å². The Morgan fingerprint density at radius 3 is 2.95 bits per heavy atom. The lowest BCUT2D eigenvalue weighted by Crippen LogP contribution is -2.23. The van der Waals surface area contributed by atoms with Crippen molar-refractivity contribution in [2.45, 2.75) is 0 Å². The first kappa shape index (κ1) is 12.7. The van der Waals surface area contributed by atoms with Crippen LogP contribution in [0.5, 0.6) is 0 Å². The summed E-state index contributed by atoms with van der Waals surface area (Å²) in [7, 11) is 0. The zero-order valence-corrected chi connectivity index (χ0v) is 10.7. The molecule has 0 aliphatic heterocycles. The number of pyridine rings is 1. The van der Waals surface area contributed by atoms with Gasteiger partial charge in [-0.3, -0.25) is 9.59 Å². The minimum Gasteiger partial charge on any atom is -0.328 e. The highest BCUT2D eigenvalue weighted by molar-refractivity contribution is 6.03. The molecule has 21 heavy (non-hydrogen) atoms. The van der Waals surface area contributed by atoms with Gasteiger partial charge in [-0.2, -0.15) is 5.10 Å². The fourth-order valence-corrected chi connectivity index (χ4v) is 1.73. The van der Waals surface area contributed by atoms with E-state index in [-0.39, 0.29) is 11.4 Å². The molecule has 0 aliphatic rings. The number of hydrogen-bond donors (Lipinski definition) is 2. The van der Waals surface area contributed by atoms with E-state index in [2.05, 4.69) is 25.4 Å². The van der Waals surface area contributed by atoms with Crippen molar-refractivity contribution < 1.29 is 4.79 Å². The van der Waals surface area contributed by atoms with E-state index >= 15 is 0 Å². The van der Waals surface area contributed by atoms with E-state index in [4.69, 9.17) is 0 Å². The first-order valence-electron chi connectivity index (χ1n) is 6.05. The summed E-state index contributed by atoms with van der Waals surface area (Å²) < 4.78 is 1.53. The highest BCUT2D eigenvalue weighted by Crippen LogP contribution is 2.08. The van der Waals surface area contributed by atoms with Crippen LogP contribution in [0.2, 0.25) is 0 Å². The number of amides is 1. The van der Waals surface area contributed by atoms with E-state index in [1.807, 2.05) is 0 Å². The zero-order valence-electron chi connectivity index (χ0n) is 10.7. The molecule has 2 N–H and O–H groups in total. The second kappa shape index (κ2) is 5.37. The molecule has 0 aromatic carbocycles. The van der Waals surface area contributed by atoms with Crippen molar-refractivity contribution in [3.05, 3.63) is 65.1 Å². The summed E-state index contributed by atoms with van der Waals surface area (Å²) in [6.45, 7) is 0. The van der Waals surface area contributed by atoms with Crippen molar-refractivity contribution in [3.8, 4) is 5.82 Å². The predicted octanol–water partition coefficient (Wildman–Crippen LogP) is 0.603. The first-order chi connectivity index (χ1) is 10.2. The van der Waals surface area contributed by atoms with Gasteiger partial charge in [0.15, 0.2) is 5.82 Å². The van der Waals surface area contributed by atoms with Crippen molar-refractivity contribution in [2.75, 3.05) is 5.32 Å². The summed E-state index contributed by atoms with van der Waals surface area (Å²) in [6, 6.07) is 6.32. The van der Waals surface area contributed by atoms with Gasteiger partial charge in [-0.15, -0.1) is 0 Å². The number of anilines is 1. The second-order valence-electron chi connectivity index (χ2n) is 4.08. The molecule has 1 amide bonds. The van der Waals surface area contributed by atoms with Gasteiger partial charge in [0.25, 0.3) is 11.5 Å². The molecule has 0 saturated heterocycles. The maximum absolute atomic E-state index is 12.0. The number of rotatable bonds is 3. The third-order valence-electron chi connectivity index (χ3n) is 2.70. The molecule has 0 bridgehead atoms. The van der Waals surface area contributed by atoms with Crippen LogP contribution < -0.4 is 10.9 Å². The van der Waals surface area contributed by atoms with Crippen molar-refractivity contribution in [1.82, 2.24) is 24.7 Å². The molecule has 0 atom stereocenters. The monoisotopic (exact) mass is 282 g/mol. The van der Waals surface area contributed by atoms with Gasteiger partial charge >= 0.3 is 0 Å². The van der Waals surface area contributed by atoms with Gasteiger partial charge in [0, 0.05) is 24.7 Å². The maximum atomic E-state index is 12.0. The van der Waals surface area contributed by atoms with Crippen LogP contribution in [-0.2, 0) is 0 Å². The number of nitrogens with zero attached hydrogens (tertiary/aromatic N) is 4. The van der Waals surface area contributed by atoms with Crippen LogP contribution in [0, 0.1) is 0 Å². The lowest BCUT2D eigenvalue weighted by Gasteiger charge is -2.05. The number of aromatic nitrogens is 5. The predicted molar refractivity (Wildman–Crippen MR) is 74.2 cm³/mol. The Morgan fingerprint density at radius 1 is 1.29 bits per heavy atom. The number of nitrogens with one attached hydrogen (secondary N) is 2. The van der Waals surface area contributed by atoms with Gasteiger partial charge in [0.1, 0.15) is 17.7 Å². The standard InChI is InChI=1S/C13H10N6O2/c20-12-9(3-1-4-14-12)13(21)18-10-7-11(16-8-15-10)19-6-2-5-17-19/h1-8H,(H,14,20)(H,15,16,18,21). The quantitative estimate of drug-likeness (QED) is 0.732. The van der Waals surface area contributed by atoms with Gasteiger partial charge in [0.05, 0.1) is 0 Å². The Labute approximate surface area is 118 Å². The van der Waals surface area contributed by atoms with Crippen LogP contribution in [0.15, 0.2) is 54.0 Å². The van der Waals surface area contributed by atoms with Gasteiger partial charge in [-0.1, -0.05) is 0 Å². The van der Waals surface area contributed by atoms with Crippen LogP contribution >= 0.6 is 0 Å². The molecule has 8 nitrogen and oxygen atoms in total. The summed E-state index contributed by atoms with van der Waals surface area (Å²) in [5.41, 5.74) is -0.451. The molecule has 0 saturated carbocycles. The number of hydrogen-bond acceptors (Lipinski definition) is 5. The van der Waals surface area contributed by atoms with Gasteiger partial charge < -0.3 is 10.3 Å². The molecular formula is C13H10N6O2. The summed E-state index contributed by atoms with van der Waals surface area (Å²) >= 11 is 0. The van der Waals surface area contributed by atoms with E-state index in [1.165, 1.54) is 23.3 Å². The molecule has 0 radical (unpaired) electrons. The topological polar surface area (TPSA) is 106 Å². The van der Waals surface area contributed by atoms with E-state index in [0.717, 1.165) is 0 Å². The fraction of sp³-hybridized carbons (Fsp3) is 0. The van der Waals surface area contributed by atoms with E-state index in [1.54, 1.807) is 30.6 Å². The van der Waals surface area contributed by atoms with Crippen LogP contribution in [0.3, 0.4) is 0 Å². The average Bonchev–Trinajstić information content (AvgIpc) is 3.02. The Bertz CT molecular complexity index is 824. The minimum absolute atomic E-state index is 0.0109. The van der Waals surface area contributed by atoms with Gasteiger partial charge in [-0.25, -0.2) is 14.6 Å². The van der Waals surface area contributed by atoms with Crippen molar-refractivity contribution in [2.24, 2.45) is 0 Å². The molecule has 0 fully saturated rings. The molecule has 8 heteroatoms. The van der Waals surface area contributed by atoms with Crippen LogP contribution in [0.25, 0.3) is 5.82 Å². The molecular weight excluding hydrogens is 272 g/mol.